The Hall–Kier alpha value is -1.02. The molecule has 0 N–H and O–H groups in total. The Kier molecular flexibility index (Phi) is 2.58. The van der Waals surface area contributed by atoms with E-state index in [9.17, 15) is 0 Å². The maximum absolute atomic E-state index is 2.87. The molecule has 3 aliphatic rings. The number of benzene rings is 1. The Balaban J connectivity index is 1.89. The second-order valence-corrected chi connectivity index (χ2v) is 9.63. The van der Waals surface area contributed by atoms with Crippen LogP contribution in [0.3, 0.4) is 0 Å². The maximum atomic E-state index is 2.87. The molecule has 2 aliphatic heterocycles. The van der Waals surface area contributed by atoms with E-state index < -0.39 is 0 Å². The Labute approximate surface area is 135 Å². The number of hydrogen-bond acceptors (Lipinski definition) is 2. The van der Waals surface area contributed by atoms with Crippen molar-refractivity contribution in [3.05, 3.63) is 29.8 Å². The fourth-order valence-corrected chi connectivity index (χ4v) is 5.83. The van der Waals surface area contributed by atoms with Gasteiger partial charge in [-0.3, -0.25) is 4.90 Å². The molecule has 2 heteroatoms. The average molecular weight is 298 g/mol. The summed E-state index contributed by atoms with van der Waals surface area (Å²) in [6.07, 6.45) is 1.88. The van der Waals surface area contributed by atoms with Gasteiger partial charge in [-0.25, -0.2) is 0 Å². The number of rotatable bonds is 0. The van der Waals surface area contributed by atoms with Crippen LogP contribution in [0.4, 0.5) is 5.69 Å². The minimum Gasteiger partial charge on any atom is -0.358 e. The third kappa shape index (κ3) is 1.50. The van der Waals surface area contributed by atoms with Crippen LogP contribution >= 0.6 is 0 Å². The largest absolute Gasteiger partial charge is 0.358 e. The highest BCUT2D eigenvalue weighted by atomic mass is 15.5. The van der Waals surface area contributed by atoms with Crippen molar-refractivity contribution >= 4 is 5.69 Å². The zero-order valence-electron chi connectivity index (χ0n) is 15.1. The lowest BCUT2D eigenvalue weighted by molar-refractivity contribution is -0.00877. The average Bonchev–Trinajstić information content (AvgIpc) is 2.96. The number of piperidine rings is 1. The molecule has 1 saturated heterocycles. The molecule has 2 heterocycles. The Morgan fingerprint density at radius 2 is 1.68 bits per heavy atom. The first-order valence-electron chi connectivity index (χ1n) is 8.72. The zero-order chi connectivity index (χ0) is 16.1. The van der Waals surface area contributed by atoms with E-state index in [0.29, 0.717) is 23.0 Å². The molecule has 2 fully saturated rings. The summed E-state index contributed by atoms with van der Waals surface area (Å²) in [7, 11) is 2.30. The first kappa shape index (κ1) is 14.6. The quantitative estimate of drug-likeness (QED) is 0.697. The number of anilines is 1. The molecule has 0 aromatic heterocycles. The van der Waals surface area contributed by atoms with Crippen molar-refractivity contribution in [1.82, 2.24) is 4.90 Å². The standard InChI is InChI=1S/C20H30N2/c1-18(2,3)20-12-14(20)16-13-10-8-9-11-15(13)21(7)17(16)22(20)19(4,5)6/h8-11,14,16-17H,12H2,1-7H3. The van der Waals surface area contributed by atoms with E-state index in [0.717, 1.165) is 5.92 Å². The monoisotopic (exact) mass is 298 g/mol. The Morgan fingerprint density at radius 1 is 1.05 bits per heavy atom. The number of fused-ring (bicyclic) bond motifs is 5. The van der Waals surface area contributed by atoms with Gasteiger partial charge in [0.25, 0.3) is 0 Å². The Bertz CT molecular complexity index is 621. The summed E-state index contributed by atoms with van der Waals surface area (Å²) in [5.41, 5.74) is 3.91. The maximum Gasteiger partial charge on any atom is 0.0900 e. The van der Waals surface area contributed by atoms with Crippen LogP contribution in [0.5, 0.6) is 0 Å². The Morgan fingerprint density at radius 3 is 2.27 bits per heavy atom. The molecule has 4 unspecified atom stereocenters. The first-order valence-corrected chi connectivity index (χ1v) is 8.72. The minimum absolute atomic E-state index is 0.192. The molecule has 0 amide bonds. The lowest BCUT2D eigenvalue weighted by Crippen LogP contribution is -2.60. The molecule has 4 rings (SSSR count). The summed E-state index contributed by atoms with van der Waals surface area (Å²) in [5, 5.41) is 0. The zero-order valence-corrected chi connectivity index (χ0v) is 15.1. The molecule has 0 bridgehead atoms. The summed E-state index contributed by atoms with van der Waals surface area (Å²) in [6, 6.07) is 9.07. The van der Waals surface area contributed by atoms with Gasteiger partial charge in [0, 0.05) is 29.7 Å². The number of hydrogen-bond donors (Lipinski definition) is 0. The van der Waals surface area contributed by atoms with E-state index in [-0.39, 0.29) is 5.54 Å². The summed E-state index contributed by atoms with van der Waals surface area (Å²) in [4.78, 5) is 5.42. The predicted octanol–water partition coefficient (Wildman–Crippen LogP) is 4.47. The van der Waals surface area contributed by atoms with Crippen LogP contribution in [0, 0.1) is 11.3 Å². The van der Waals surface area contributed by atoms with Crippen LogP contribution in [0.2, 0.25) is 0 Å². The van der Waals surface area contributed by atoms with Crippen LogP contribution in [-0.2, 0) is 0 Å². The summed E-state index contributed by atoms with van der Waals surface area (Å²) < 4.78 is 0. The van der Waals surface area contributed by atoms with Gasteiger partial charge in [-0.2, -0.15) is 0 Å². The molecule has 1 saturated carbocycles. The third-order valence-corrected chi connectivity index (χ3v) is 6.53. The van der Waals surface area contributed by atoms with E-state index in [4.69, 9.17) is 0 Å². The number of likely N-dealkylation sites (tertiary alicyclic amines) is 1. The highest BCUT2D eigenvalue weighted by Gasteiger charge is 2.77. The van der Waals surface area contributed by atoms with Crippen LogP contribution in [0.1, 0.15) is 59.4 Å². The van der Waals surface area contributed by atoms with Gasteiger partial charge in [-0.15, -0.1) is 0 Å². The van der Waals surface area contributed by atoms with Gasteiger partial charge in [0.15, 0.2) is 0 Å². The lowest BCUT2D eigenvalue weighted by atomic mass is 9.80. The molecule has 4 atom stereocenters. The minimum atomic E-state index is 0.192. The van der Waals surface area contributed by atoms with Crippen molar-refractivity contribution in [3.63, 3.8) is 0 Å². The first-order chi connectivity index (χ1) is 10.1. The molecule has 2 nitrogen and oxygen atoms in total. The van der Waals surface area contributed by atoms with Gasteiger partial charge >= 0.3 is 0 Å². The molecular weight excluding hydrogens is 268 g/mol. The molecule has 0 spiro atoms. The van der Waals surface area contributed by atoms with Crippen LogP contribution in [0.15, 0.2) is 24.3 Å². The van der Waals surface area contributed by atoms with Gasteiger partial charge in [-0.1, -0.05) is 39.0 Å². The number of nitrogens with zero attached hydrogens (tertiary/aromatic N) is 2. The predicted molar refractivity (Wildman–Crippen MR) is 93.3 cm³/mol. The molecule has 22 heavy (non-hydrogen) atoms. The third-order valence-electron chi connectivity index (χ3n) is 6.53. The van der Waals surface area contributed by atoms with E-state index in [1.807, 2.05) is 0 Å². The van der Waals surface area contributed by atoms with E-state index >= 15 is 0 Å². The molecule has 0 radical (unpaired) electrons. The summed E-state index contributed by atoms with van der Waals surface area (Å²) in [5.74, 6) is 1.49. The van der Waals surface area contributed by atoms with Crippen molar-refractivity contribution < 1.29 is 0 Å². The van der Waals surface area contributed by atoms with Gasteiger partial charge < -0.3 is 4.90 Å². The van der Waals surface area contributed by atoms with Crippen LogP contribution in [0.25, 0.3) is 0 Å². The summed E-state index contributed by atoms with van der Waals surface area (Å²) in [6.45, 7) is 14.5. The SMILES string of the molecule is CN1c2ccccc2C2C1N(C(C)(C)C)C1(C(C)(C)C)CC21. The highest BCUT2D eigenvalue weighted by molar-refractivity contribution is 5.64. The molecule has 120 valence electrons. The topological polar surface area (TPSA) is 6.48 Å². The normalized spacial score (nSPS) is 37.0. The lowest BCUT2D eigenvalue weighted by Gasteiger charge is -2.50. The van der Waals surface area contributed by atoms with Crippen molar-refractivity contribution in [2.24, 2.45) is 11.3 Å². The smallest absolute Gasteiger partial charge is 0.0900 e. The molecule has 1 aromatic carbocycles. The summed E-state index contributed by atoms with van der Waals surface area (Å²) >= 11 is 0. The highest BCUT2D eigenvalue weighted by Crippen LogP contribution is 2.74. The van der Waals surface area contributed by atoms with Crippen molar-refractivity contribution in [1.29, 1.82) is 0 Å². The van der Waals surface area contributed by atoms with Gasteiger partial charge in [0.1, 0.15) is 0 Å². The van der Waals surface area contributed by atoms with E-state index in [1.54, 1.807) is 5.56 Å². The van der Waals surface area contributed by atoms with Gasteiger partial charge in [0.05, 0.1) is 6.17 Å². The van der Waals surface area contributed by atoms with Crippen LogP contribution in [-0.4, -0.2) is 29.2 Å². The molecule has 1 aromatic rings. The van der Waals surface area contributed by atoms with E-state index in [1.165, 1.54) is 12.1 Å². The second-order valence-electron chi connectivity index (χ2n) is 9.63. The fraction of sp³-hybridized carbons (Fsp3) is 0.700. The van der Waals surface area contributed by atoms with Gasteiger partial charge in [-0.05, 0) is 50.2 Å². The van der Waals surface area contributed by atoms with Crippen molar-refractivity contribution in [3.8, 4) is 0 Å². The molecular formula is C20H30N2. The second kappa shape index (κ2) is 3.90. The van der Waals surface area contributed by atoms with Gasteiger partial charge in [0.2, 0.25) is 0 Å². The van der Waals surface area contributed by atoms with Crippen molar-refractivity contribution in [2.45, 2.75) is 71.1 Å². The number of para-hydroxylation sites is 1. The molecule has 1 aliphatic carbocycles. The van der Waals surface area contributed by atoms with Crippen molar-refractivity contribution in [2.75, 3.05) is 11.9 Å². The number of likely N-dealkylation sites (N-methyl/N-ethyl adjacent to an activating group) is 1. The van der Waals surface area contributed by atoms with E-state index in [2.05, 4.69) is 82.7 Å². The fourth-order valence-electron chi connectivity index (χ4n) is 5.83. The van der Waals surface area contributed by atoms with Crippen LogP contribution < -0.4 is 4.90 Å².